The molecule has 2 aliphatic rings. The zero-order valence-corrected chi connectivity index (χ0v) is 15.2. The van der Waals surface area contributed by atoms with Crippen molar-refractivity contribution in [2.24, 2.45) is 11.8 Å². The van der Waals surface area contributed by atoms with Gasteiger partial charge >= 0.3 is 0 Å². The minimum absolute atomic E-state index is 0.0415. The Balaban J connectivity index is 1.35. The highest BCUT2D eigenvalue weighted by Crippen LogP contribution is 2.23. The highest BCUT2D eigenvalue weighted by molar-refractivity contribution is 5.78. The lowest BCUT2D eigenvalue weighted by Gasteiger charge is -2.34. The Morgan fingerprint density at radius 1 is 1.12 bits per heavy atom. The van der Waals surface area contributed by atoms with Gasteiger partial charge in [-0.2, -0.15) is 0 Å². The van der Waals surface area contributed by atoms with Crippen molar-refractivity contribution in [2.45, 2.75) is 38.5 Å². The number of nitrogens with zero attached hydrogens (tertiary/aromatic N) is 1. The molecule has 1 unspecified atom stereocenters. The van der Waals surface area contributed by atoms with E-state index in [0.29, 0.717) is 12.5 Å². The lowest BCUT2D eigenvalue weighted by atomic mass is 9.91. The summed E-state index contributed by atoms with van der Waals surface area (Å²) >= 11 is 0. The second-order valence-corrected chi connectivity index (χ2v) is 7.61. The fraction of sp³-hybridized carbons (Fsp3) is 0.571. The molecule has 1 saturated heterocycles. The highest BCUT2D eigenvalue weighted by Gasteiger charge is 2.22. The van der Waals surface area contributed by atoms with Crippen LogP contribution < -0.4 is 5.32 Å². The summed E-state index contributed by atoms with van der Waals surface area (Å²) in [5.74, 6) is -0.206. The van der Waals surface area contributed by atoms with E-state index >= 15 is 0 Å². The number of hydrogen-bond donors (Lipinski definition) is 1. The summed E-state index contributed by atoms with van der Waals surface area (Å²) in [4.78, 5) is 14.6. The molecule has 0 spiro atoms. The zero-order valence-electron chi connectivity index (χ0n) is 15.2. The van der Waals surface area contributed by atoms with Crippen LogP contribution in [0.2, 0.25) is 0 Å². The van der Waals surface area contributed by atoms with Crippen LogP contribution in [-0.2, 0) is 11.2 Å². The number of hydrogen-bond acceptors (Lipinski definition) is 2. The van der Waals surface area contributed by atoms with E-state index in [1.807, 2.05) is 0 Å². The van der Waals surface area contributed by atoms with Gasteiger partial charge in [-0.15, -0.1) is 0 Å². The molecule has 1 N–H and O–H groups in total. The molecule has 1 amide bonds. The Morgan fingerprint density at radius 2 is 1.92 bits per heavy atom. The van der Waals surface area contributed by atoms with Crippen LogP contribution in [0.1, 0.15) is 37.7 Å². The van der Waals surface area contributed by atoms with Crippen LogP contribution in [0.15, 0.2) is 30.4 Å². The van der Waals surface area contributed by atoms with Gasteiger partial charge in [0.15, 0.2) is 0 Å². The lowest BCUT2D eigenvalue weighted by Crippen LogP contribution is -2.41. The summed E-state index contributed by atoms with van der Waals surface area (Å²) < 4.78 is 26.5. The van der Waals surface area contributed by atoms with Crippen LogP contribution in [0.5, 0.6) is 0 Å². The molecule has 0 aromatic heterocycles. The van der Waals surface area contributed by atoms with Gasteiger partial charge in [0, 0.05) is 19.2 Å². The first-order valence-corrected chi connectivity index (χ1v) is 9.68. The number of carbonyl (C=O) groups is 1. The van der Waals surface area contributed by atoms with Gasteiger partial charge in [-0.3, -0.25) is 4.79 Å². The molecule has 1 fully saturated rings. The molecule has 3 rings (SSSR count). The number of benzene rings is 1. The van der Waals surface area contributed by atoms with Crippen LogP contribution in [0.25, 0.3) is 0 Å². The average Bonchev–Trinajstić information content (AvgIpc) is 2.64. The number of halogens is 2. The summed E-state index contributed by atoms with van der Waals surface area (Å²) in [6.45, 7) is 4.01. The molecule has 1 atom stereocenters. The van der Waals surface area contributed by atoms with Gasteiger partial charge in [0.2, 0.25) is 5.91 Å². The summed E-state index contributed by atoms with van der Waals surface area (Å²) in [5.41, 5.74) is 0.236. The van der Waals surface area contributed by atoms with E-state index in [9.17, 15) is 13.6 Å². The quantitative estimate of drug-likeness (QED) is 0.783. The molecule has 5 heteroatoms. The number of amides is 1. The fourth-order valence-corrected chi connectivity index (χ4v) is 3.92. The van der Waals surface area contributed by atoms with Crippen LogP contribution in [0, 0.1) is 23.5 Å². The van der Waals surface area contributed by atoms with Gasteiger partial charge in [-0.05, 0) is 68.7 Å². The van der Waals surface area contributed by atoms with Gasteiger partial charge in [0.05, 0.1) is 6.42 Å². The third-order valence-corrected chi connectivity index (χ3v) is 5.56. The smallest absolute Gasteiger partial charge is 0.224 e. The van der Waals surface area contributed by atoms with Gasteiger partial charge in [-0.1, -0.05) is 18.2 Å². The Labute approximate surface area is 154 Å². The molecule has 0 radical (unpaired) electrons. The average molecular weight is 362 g/mol. The molecule has 1 aromatic rings. The number of likely N-dealkylation sites (tertiary alicyclic amines) is 1. The molecule has 3 nitrogen and oxygen atoms in total. The van der Waals surface area contributed by atoms with Crippen molar-refractivity contribution in [2.75, 3.05) is 26.2 Å². The van der Waals surface area contributed by atoms with E-state index in [1.54, 1.807) is 0 Å². The number of rotatable bonds is 6. The van der Waals surface area contributed by atoms with E-state index in [1.165, 1.54) is 37.9 Å². The SMILES string of the molecule is O=C(Cc1ccc(F)cc1F)NCC1CCN(CC2CC=CCC2)CC1. The Morgan fingerprint density at radius 3 is 2.62 bits per heavy atom. The van der Waals surface area contributed by atoms with Gasteiger partial charge in [0.25, 0.3) is 0 Å². The largest absolute Gasteiger partial charge is 0.356 e. The molecule has 142 valence electrons. The van der Waals surface area contributed by atoms with Crippen LogP contribution in [-0.4, -0.2) is 37.0 Å². The van der Waals surface area contributed by atoms with Gasteiger partial charge in [0.1, 0.15) is 11.6 Å². The first kappa shape index (κ1) is 19.0. The fourth-order valence-electron chi connectivity index (χ4n) is 3.92. The third kappa shape index (κ3) is 5.63. The molecular weight excluding hydrogens is 334 g/mol. The molecule has 26 heavy (non-hydrogen) atoms. The normalized spacial score (nSPS) is 21.7. The molecule has 0 saturated carbocycles. The minimum atomic E-state index is -0.661. The van der Waals surface area contributed by atoms with E-state index in [2.05, 4.69) is 22.4 Å². The summed E-state index contributed by atoms with van der Waals surface area (Å²) in [6.07, 6.45) is 10.4. The maximum Gasteiger partial charge on any atom is 0.224 e. The second-order valence-electron chi connectivity index (χ2n) is 7.61. The first-order chi connectivity index (χ1) is 12.6. The van der Waals surface area contributed by atoms with Crippen molar-refractivity contribution in [1.82, 2.24) is 10.2 Å². The Bertz CT molecular complexity index is 639. The molecule has 1 heterocycles. The maximum atomic E-state index is 13.6. The van der Waals surface area contributed by atoms with Crippen molar-refractivity contribution in [3.8, 4) is 0 Å². The molecule has 1 aromatic carbocycles. The number of piperidine rings is 1. The van der Waals surface area contributed by atoms with E-state index in [0.717, 1.165) is 37.9 Å². The van der Waals surface area contributed by atoms with E-state index in [4.69, 9.17) is 0 Å². The van der Waals surface area contributed by atoms with E-state index in [-0.39, 0.29) is 17.9 Å². The second kappa shape index (κ2) is 9.26. The van der Waals surface area contributed by atoms with Crippen molar-refractivity contribution in [3.05, 3.63) is 47.5 Å². The van der Waals surface area contributed by atoms with Crippen LogP contribution in [0.3, 0.4) is 0 Å². The number of nitrogens with one attached hydrogen (secondary N) is 1. The monoisotopic (exact) mass is 362 g/mol. The number of carbonyl (C=O) groups excluding carboxylic acids is 1. The topological polar surface area (TPSA) is 32.3 Å². The van der Waals surface area contributed by atoms with Gasteiger partial charge in [-0.25, -0.2) is 8.78 Å². The van der Waals surface area contributed by atoms with Crippen LogP contribution >= 0.6 is 0 Å². The van der Waals surface area contributed by atoms with Crippen LogP contribution in [0.4, 0.5) is 8.78 Å². The minimum Gasteiger partial charge on any atom is -0.356 e. The summed E-state index contributed by atoms with van der Waals surface area (Å²) in [5, 5.41) is 2.91. The predicted molar refractivity (Wildman–Crippen MR) is 98.7 cm³/mol. The lowest BCUT2D eigenvalue weighted by molar-refractivity contribution is -0.120. The van der Waals surface area contributed by atoms with Crippen molar-refractivity contribution in [3.63, 3.8) is 0 Å². The maximum absolute atomic E-state index is 13.6. The predicted octanol–water partition coefficient (Wildman–Crippen LogP) is 3.69. The summed E-state index contributed by atoms with van der Waals surface area (Å²) in [7, 11) is 0. The standard InChI is InChI=1S/C21H28F2N2O/c22-19-7-6-18(20(23)13-19)12-21(26)24-14-16-8-10-25(11-9-16)15-17-4-2-1-3-5-17/h1-2,6-7,13,16-17H,3-5,8-12,14-15H2,(H,24,26). The molecular formula is C21H28F2N2O. The molecule has 0 bridgehead atoms. The Hall–Kier alpha value is -1.75. The van der Waals surface area contributed by atoms with Gasteiger partial charge < -0.3 is 10.2 Å². The first-order valence-electron chi connectivity index (χ1n) is 9.68. The van der Waals surface area contributed by atoms with Crippen molar-refractivity contribution in [1.29, 1.82) is 0 Å². The highest BCUT2D eigenvalue weighted by atomic mass is 19.1. The van der Waals surface area contributed by atoms with Crippen molar-refractivity contribution < 1.29 is 13.6 Å². The molecule has 1 aliphatic heterocycles. The van der Waals surface area contributed by atoms with E-state index < -0.39 is 11.6 Å². The summed E-state index contributed by atoms with van der Waals surface area (Å²) in [6, 6.07) is 3.34. The molecule has 1 aliphatic carbocycles. The van der Waals surface area contributed by atoms with Crippen molar-refractivity contribution >= 4 is 5.91 Å². The zero-order chi connectivity index (χ0) is 18.4. The number of allylic oxidation sites excluding steroid dienone is 2. The third-order valence-electron chi connectivity index (χ3n) is 5.56. The Kier molecular flexibility index (Phi) is 6.78.